The highest BCUT2D eigenvalue weighted by Gasteiger charge is 2.27. The van der Waals surface area contributed by atoms with Crippen LogP contribution in [-0.2, 0) is 0 Å². The lowest BCUT2D eigenvalue weighted by molar-refractivity contribution is 1.08. The molecule has 0 amide bonds. The molecule has 5 heterocycles. The van der Waals surface area contributed by atoms with Gasteiger partial charge in [0.15, 0.2) is 11.6 Å². The summed E-state index contributed by atoms with van der Waals surface area (Å²) >= 11 is 1.74. The number of nitrogens with zero attached hydrogens (tertiary/aromatic N) is 4. The molecule has 12 aromatic rings. The van der Waals surface area contributed by atoms with Crippen molar-refractivity contribution in [2.45, 2.75) is 0 Å². The molecule has 4 nitrogen and oxygen atoms in total. The van der Waals surface area contributed by atoms with Gasteiger partial charge in [0.1, 0.15) is 4.83 Å². The molecule has 5 aromatic heterocycles. The van der Waals surface area contributed by atoms with E-state index >= 15 is 0 Å². The Morgan fingerprint density at radius 1 is 0.449 bits per heavy atom. The summed E-state index contributed by atoms with van der Waals surface area (Å²) in [7, 11) is 0. The summed E-state index contributed by atoms with van der Waals surface area (Å²) in [5, 5.41) is 12.4. The highest BCUT2D eigenvalue weighted by Crippen LogP contribution is 2.48. The van der Waals surface area contributed by atoms with Crippen LogP contribution >= 0.6 is 11.3 Å². The number of rotatable bonds is 2. The Labute approximate surface area is 283 Å². The zero-order valence-electron chi connectivity index (χ0n) is 26.1. The maximum absolute atomic E-state index is 5.50. The van der Waals surface area contributed by atoms with E-state index in [0.29, 0.717) is 0 Å². The largest absolute Gasteiger partial charge is 0.308 e. The molecule has 0 saturated carbocycles. The number of aromatic nitrogens is 4. The van der Waals surface area contributed by atoms with E-state index in [9.17, 15) is 0 Å². The highest BCUT2D eigenvalue weighted by atomic mass is 32.1. The molecule has 0 fully saturated rings. The Morgan fingerprint density at radius 3 is 2.04 bits per heavy atom. The van der Waals surface area contributed by atoms with Crippen molar-refractivity contribution in [2.75, 3.05) is 0 Å². The SMILES string of the molecule is c1ccc(-c2nc(-n3c4ccccc4c4cc5c6c7ccccc7ccc6n6c7ccccc7c(c43)c56)c3c(n2)sc2ccccc23)cc1. The van der Waals surface area contributed by atoms with Gasteiger partial charge in [-0.3, -0.25) is 4.57 Å². The standard InChI is InChI=1S/C44H24N4S/c1-2-13-26(14-3-1)42-45-43(39-30-18-8-11-21-36(30)49-44(39)46-42)48-33-19-9-6-16-28(33)31-24-32-37-27-15-5-4-12-25(27)22-23-35(37)47-34-20-10-7-17-29(34)38(40(31)48)41(32)47/h1-24H. The molecule has 0 aliphatic carbocycles. The maximum atomic E-state index is 5.50. The maximum Gasteiger partial charge on any atom is 0.163 e. The Balaban J connectivity index is 1.37. The molecule has 0 spiro atoms. The molecule has 5 heteroatoms. The average Bonchev–Trinajstić information content (AvgIpc) is 3.90. The molecule has 0 N–H and O–H groups in total. The molecule has 0 bridgehead atoms. The second-order valence-corrected chi connectivity index (χ2v) is 14.0. The van der Waals surface area contributed by atoms with E-state index in [1.165, 1.54) is 75.2 Å². The number of benzene rings is 7. The Hall–Kier alpha value is -6.30. The van der Waals surface area contributed by atoms with Crippen LogP contribution in [0.5, 0.6) is 0 Å². The second kappa shape index (κ2) is 9.19. The minimum Gasteiger partial charge on any atom is -0.308 e. The fraction of sp³-hybridized carbons (Fsp3) is 0. The second-order valence-electron chi connectivity index (χ2n) is 12.9. The number of hydrogen-bond donors (Lipinski definition) is 0. The third-order valence-corrected chi connectivity index (χ3v) is 11.5. The first-order chi connectivity index (χ1) is 24.3. The van der Waals surface area contributed by atoms with Crippen LogP contribution in [0.2, 0.25) is 0 Å². The van der Waals surface area contributed by atoms with Crippen molar-refractivity contribution in [1.82, 2.24) is 18.9 Å². The van der Waals surface area contributed by atoms with E-state index in [1.807, 2.05) is 6.07 Å². The van der Waals surface area contributed by atoms with Gasteiger partial charge in [-0.2, -0.15) is 0 Å². The summed E-state index contributed by atoms with van der Waals surface area (Å²) in [6.45, 7) is 0. The minimum absolute atomic E-state index is 0.735. The van der Waals surface area contributed by atoms with Gasteiger partial charge < -0.3 is 4.40 Å². The summed E-state index contributed by atoms with van der Waals surface area (Å²) in [6, 6.07) is 52.5. The summed E-state index contributed by atoms with van der Waals surface area (Å²) < 4.78 is 6.15. The zero-order chi connectivity index (χ0) is 31.8. The van der Waals surface area contributed by atoms with Crippen molar-refractivity contribution in [3.05, 3.63) is 146 Å². The summed E-state index contributed by atoms with van der Waals surface area (Å²) in [6.07, 6.45) is 0. The fourth-order valence-corrected chi connectivity index (χ4v) is 9.55. The fourth-order valence-electron chi connectivity index (χ4n) is 8.48. The van der Waals surface area contributed by atoms with Gasteiger partial charge in [-0.05, 0) is 41.1 Å². The van der Waals surface area contributed by atoms with Crippen LogP contribution in [0.25, 0.3) is 108 Å². The molecule has 0 saturated heterocycles. The van der Waals surface area contributed by atoms with Crippen molar-refractivity contribution in [2.24, 2.45) is 0 Å². The average molecular weight is 641 g/mol. The first-order valence-corrected chi connectivity index (χ1v) is 17.4. The molecule has 0 radical (unpaired) electrons. The van der Waals surface area contributed by atoms with E-state index in [-0.39, 0.29) is 0 Å². The van der Waals surface area contributed by atoms with Crippen LogP contribution < -0.4 is 0 Å². The van der Waals surface area contributed by atoms with Gasteiger partial charge in [0.25, 0.3) is 0 Å². The third kappa shape index (κ3) is 3.23. The quantitative estimate of drug-likeness (QED) is 0.188. The lowest BCUT2D eigenvalue weighted by Gasteiger charge is -2.12. The van der Waals surface area contributed by atoms with Gasteiger partial charge >= 0.3 is 0 Å². The molecule has 12 rings (SSSR count). The predicted octanol–water partition coefficient (Wildman–Crippen LogP) is 11.9. The van der Waals surface area contributed by atoms with Crippen LogP contribution in [-0.4, -0.2) is 18.9 Å². The van der Waals surface area contributed by atoms with Crippen LogP contribution in [0.4, 0.5) is 0 Å². The van der Waals surface area contributed by atoms with Gasteiger partial charge in [0, 0.05) is 48.0 Å². The monoisotopic (exact) mass is 640 g/mol. The van der Waals surface area contributed by atoms with Gasteiger partial charge in [-0.25, -0.2) is 9.97 Å². The van der Waals surface area contributed by atoms with Gasteiger partial charge in [-0.15, -0.1) is 11.3 Å². The Morgan fingerprint density at radius 2 is 1.16 bits per heavy atom. The molecule has 226 valence electrons. The Kier molecular flexibility index (Phi) is 4.83. The molecular formula is C44H24N4S. The van der Waals surface area contributed by atoms with Crippen molar-refractivity contribution >= 4 is 102 Å². The van der Waals surface area contributed by atoms with Crippen molar-refractivity contribution in [3.8, 4) is 17.2 Å². The zero-order valence-corrected chi connectivity index (χ0v) is 26.9. The first-order valence-electron chi connectivity index (χ1n) is 16.6. The Bertz CT molecular complexity index is 3330. The normalized spacial score (nSPS) is 12.5. The lowest BCUT2D eigenvalue weighted by Crippen LogP contribution is -2.02. The summed E-state index contributed by atoms with van der Waals surface area (Å²) in [5.41, 5.74) is 7.04. The smallest absolute Gasteiger partial charge is 0.163 e. The molecule has 49 heavy (non-hydrogen) atoms. The minimum atomic E-state index is 0.735. The predicted molar refractivity (Wildman–Crippen MR) is 207 cm³/mol. The van der Waals surface area contributed by atoms with Gasteiger partial charge in [0.2, 0.25) is 0 Å². The number of hydrogen-bond acceptors (Lipinski definition) is 3. The highest BCUT2D eigenvalue weighted by molar-refractivity contribution is 7.25. The molecule has 7 aromatic carbocycles. The molecular weight excluding hydrogens is 617 g/mol. The number of para-hydroxylation sites is 2. The third-order valence-electron chi connectivity index (χ3n) is 10.4. The van der Waals surface area contributed by atoms with E-state index in [4.69, 9.17) is 9.97 Å². The molecule has 0 aliphatic rings. The van der Waals surface area contributed by atoms with Crippen LogP contribution in [0.15, 0.2) is 146 Å². The van der Waals surface area contributed by atoms with Crippen molar-refractivity contribution < 1.29 is 0 Å². The first kappa shape index (κ1) is 25.7. The van der Waals surface area contributed by atoms with E-state index in [2.05, 4.69) is 148 Å². The van der Waals surface area contributed by atoms with Crippen molar-refractivity contribution in [3.63, 3.8) is 0 Å². The van der Waals surface area contributed by atoms with Crippen molar-refractivity contribution in [1.29, 1.82) is 0 Å². The van der Waals surface area contributed by atoms with Crippen LogP contribution in [0, 0.1) is 0 Å². The molecule has 0 unspecified atom stereocenters. The van der Waals surface area contributed by atoms with Gasteiger partial charge in [0.05, 0.1) is 33.0 Å². The van der Waals surface area contributed by atoms with E-state index in [0.717, 1.165) is 32.9 Å². The molecule has 0 aliphatic heterocycles. The molecule has 0 atom stereocenters. The summed E-state index contributed by atoms with van der Waals surface area (Å²) in [4.78, 5) is 11.7. The van der Waals surface area contributed by atoms with Crippen LogP contribution in [0.1, 0.15) is 0 Å². The topological polar surface area (TPSA) is 35.1 Å². The summed E-state index contributed by atoms with van der Waals surface area (Å²) in [5.74, 6) is 1.65. The van der Waals surface area contributed by atoms with Crippen LogP contribution in [0.3, 0.4) is 0 Å². The number of thiophene rings is 1. The number of fused-ring (bicyclic) bond motifs is 15. The van der Waals surface area contributed by atoms with E-state index in [1.54, 1.807) is 11.3 Å². The lowest BCUT2D eigenvalue weighted by atomic mass is 10.00. The van der Waals surface area contributed by atoms with Gasteiger partial charge in [-0.1, -0.05) is 115 Å². The van der Waals surface area contributed by atoms with E-state index < -0.39 is 0 Å².